The second-order valence-electron chi connectivity index (χ2n) is 23.5. The third kappa shape index (κ3) is 61.3. The molecule has 448 valence electrons. The van der Waals surface area contributed by atoms with Gasteiger partial charge in [-0.2, -0.15) is 0 Å². The molecule has 3 N–H and O–H groups in total. The zero-order valence-electron chi connectivity index (χ0n) is 51.3. The fourth-order valence-corrected chi connectivity index (χ4v) is 10.7. The molecule has 2 atom stereocenters. The number of ether oxygens (including phenoxy) is 1. The summed E-state index contributed by atoms with van der Waals surface area (Å²) in [6, 6.07) is -0.546. The molecule has 1 amide bonds. The van der Waals surface area contributed by atoms with Gasteiger partial charge in [0.15, 0.2) is 0 Å². The largest absolute Gasteiger partial charge is 0.466 e. The third-order valence-electron chi connectivity index (χ3n) is 15.9. The van der Waals surface area contributed by atoms with Crippen LogP contribution in [0.2, 0.25) is 0 Å². The first-order valence-corrected chi connectivity index (χ1v) is 34.2. The average Bonchev–Trinajstić information content (AvgIpc) is 3.42. The van der Waals surface area contributed by atoms with Crippen LogP contribution in [0.1, 0.15) is 373 Å². The molecule has 0 heterocycles. The molecular weight excluding hydrogens is 935 g/mol. The summed E-state index contributed by atoms with van der Waals surface area (Å²) in [6.45, 7) is 4.95. The summed E-state index contributed by atoms with van der Waals surface area (Å²) in [5, 5.41) is 23.4. The number of unbranched alkanes of at least 4 members (excludes halogenated alkanes) is 47. The third-order valence-corrected chi connectivity index (χ3v) is 15.9. The first kappa shape index (κ1) is 74.1. The number of rotatable bonds is 64. The number of amides is 1. The van der Waals surface area contributed by atoms with Crippen LogP contribution < -0.4 is 5.32 Å². The number of hydrogen-bond donors (Lipinski definition) is 3. The fraction of sp³-hybridized carbons (Fsp3) is 0.886. The van der Waals surface area contributed by atoms with Gasteiger partial charge in [-0.1, -0.05) is 314 Å². The van der Waals surface area contributed by atoms with Crippen molar-refractivity contribution in [2.75, 3.05) is 13.2 Å². The number of carbonyl (C=O) groups excluding carboxylic acids is 2. The predicted octanol–water partition coefficient (Wildman–Crippen LogP) is 21.9. The first-order valence-electron chi connectivity index (χ1n) is 34.2. The molecule has 0 radical (unpaired) electrons. The highest BCUT2D eigenvalue weighted by Gasteiger charge is 2.20. The molecule has 6 heteroatoms. The number of allylic oxidation sites excluding steroid dienone is 6. The van der Waals surface area contributed by atoms with Crippen LogP contribution in [0.4, 0.5) is 0 Å². The predicted molar refractivity (Wildman–Crippen MR) is 333 cm³/mol. The van der Waals surface area contributed by atoms with Gasteiger partial charge in [0.2, 0.25) is 5.91 Å². The van der Waals surface area contributed by atoms with Crippen LogP contribution in [0.5, 0.6) is 0 Å². The maximum absolute atomic E-state index is 12.5. The Bertz CT molecular complexity index is 1230. The van der Waals surface area contributed by atoms with E-state index in [0.29, 0.717) is 25.9 Å². The molecule has 0 saturated carbocycles. The summed E-state index contributed by atoms with van der Waals surface area (Å²) in [7, 11) is 0. The second-order valence-corrected chi connectivity index (χ2v) is 23.5. The van der Waals surface area contributed by atoms with Gasteiger partial charge in [-0.15, -0.1) is 0 Å². The Morgan fingerprint density at radius 1 is 0.368 bits per heavy atom. The van der Waals surface area contributed by atoms with E-state index < -0.39 is 12.1 Å². The SMILES string of the molecule is CCCCC/C=C\C/C=C\CCCCCCCCCC(=O)OCCCCCCCCCCCCCC/C=C\CCCCCCCCCCC(=O)NC(CO)C(O)CCCCCCCCCCCCCCCCCCCC. The molecule has 0 aromatic rings. The van der Waals surface area contributed by atoms with Gasteiger partial charge in [-0.3, -0.25) is 9.59 Å². The Balaban J connectivity index is 3.40. The van der Waals surface area contributed by atoms with Gasteiger partial charge >= 0.3 is 5.97 Å². The standard InChI is InChI=1S/C70H133NO5/c1-3-5-7-9-11-13-15-17-19-21-31-34-38-42-46-50-54-58-62-68(73)67(66-72)71-69(74)63-59-55-51-47-43-39-35-32-28-26-24-22-23-25-27-29-33-37-41-45-49-53-57-61-65-76-70(75)64-60-56-52-48-44-40-36-30-20-18-16-14-12-10-8-6-4-2/h12,14,18,20,24,26,67-68,72-73H,3-11,13,15-17,19,21-23,25,27-66H2,1-2H3,(H,71,74)/b14-12-,20-18-,26-24-. The first-order chi connectivity index (χ1) is 37.5. The monoisotopic (exact) mass is 1070 g/mol. The van der Waals surface area contributed by atoms with E-state index in [1.165, 1.54) is 289 Å². The van der Waals surface area contributed by atoms with Crippen molar-refractivity contribution >= 4 is 11.9 Å². The van der Waals surface area contributed by atoms with Gasteiger partial charge in [0.05, 0.1) is 25.4 Å². The van der Waals surface area contributed by atoms with Gasteiger partial charge < -0.3 is 20.3 Å². The molecule has 2 unspecified atom stereocenters. The lowest BCUT2D eigenvalue weighted by Gasteiger charge is -2.22. The van der Waals surface area contributed by atoms with Crippen molar-refractivity contribution in [3.8, 4) is 0 Å². The molecule has 0 aromatic heterocycles. The van der Waals surface area contributed by atoms with Crippen LogP contribution in [0, 0.1) is 0 Å². The molecule has 0 saturated heterocycles. The summed E-state index contributed by atoms with van der Waals surface area (Å²) >= 11 is 0. The molecular formula is C70H133NO5. The Kier molecular flexibility index (Phi) is 63.9. The number of nitrogens with one attached hydrogen (secondary N) is 1. The number of aliphatic hydroxyl groups excluding tert-OH is 2. The molecule has 0 spiro atoms. The molecule has 0 aliphatic rings. The van der Waals surface area contributed by atoms with Crippen molar-refractivity contribution in [2.24, 2.45) is 0 Å². The highest BCUT2D eigenvalue weighted by molar-refractivity contribution is 5.76. The molecule has 0 aliphatic carbocycles. The zero-order valence-corrected chi connectivity index (χ0v) is 51.3. The molecule has 0 aliphatic heterocycles. The van der Waals surface area contributed by atoms with Gasteiger partial charge in [-0.25, -0.2) is 0 Å². The quantitative estimate of drug-likeness (QED) is 0.0320. The highest BCUT2D eigenvalue weighted by Crippen LogP contribution is 2.18. The van der Waals surface area contributed by atoms with E-state index in [2.05, 4.69) is 55.6 Å². The minimum Gasteiger partial charge on any atom is -0.466 e. The van der Waals surface area contributed by atoms with E-state index >= 15 is 0 Å². The number of hydrogen-bond acceptors (Lipinski definition) is 5. The molecule has 0 aromatic carbocycles. The summed E-state index contributed by atoms with van der Waals surface area (Å²) in [6.07, 6.45) is 83.2. The van der Waals surface area contributed by atoms with E-state index in [1.54, 1.807) is 0 Å². The van der Waals surface area contributed by atoms with E-state index in [-0.39, 0.29) is 18.5 Å². The van der Waals surface area contributed by atoms with Crippen molar-refractivity contribution in [3.63, 3.8) is 0 Å². The lowest BCUT2D eigenvalue weighted by atomic mass is 10.0. The fourth-order valence-electron chi connectivity index (χ4n) is 10.7. The Morgan fingerprint density at radius 2 is 0.658 bits per heavy atom. The van der Waals surface area contributed by atoms with E-state index in [9.17, 15) is 19.8 Å². The zero-order chi connectivity index (χ0) is 55.0. The van der Waals surface area contributed by atoms with Gasteiger partial charge in [0.25, 0.3) is 0 Å². The molecule has 76 heavy (non-hydrogen) atoms. The lowest BCUT2D eigenvalue weighted by Crippen LogP contribution is -2.45. The lowest BCUT2D eigenvalue weighted by molar-refractivity contribution is -0.143. The van der Waals surface area contributed by atoms with Crippen LogP contribution in [-0.2, 0) is 14.3 Å². The number of aliphatic hydroxyl groups is 2. The summed E-state index contributed by atoms with van der Waals surface area (Å²) in [4.78, 5) is 24.6. The molecule has 6 nitrogen and oxygen atoms in total. The van der Waals surface area contributed by atoms with Crippen molar-refractivity contribution in [2.45, 2.75) is 386 Å². The summed E-state index contributed by atoms with van der Waals surface area (Å²) in [5.74, 6) is -0.0314. The average molecular weight is 1070 g/mol. The van der Waals surface area contributed by atoms with Crippen LogP contribution in [0.15, 0.2) is 36.5 Å². The molecule has 0 bridgehead atoms. The van der Waals surface area contributed by atoms with Crippen molar-refractivity contribution in [1.82, 2.24) is 5.32 Å². The second kappa shape index (κ2) is 65.6. The maximum Gasteiger partial charge on any atom is 0.305 e. The van der Waals surface area contributed by atoms with Crippen molar-refractivity contribution in [3.05, 3.63) is 36.5 Å². The van der Waals surface area contributed by atoms with Crippen LogP contribution in [0.25, 0.3) is 0 Å². The topological polar surface area (TPSA) is 95.9 Å². The minimum absolute atomic E-state index is 0.00523. The van der Waals surface area contributed by atoms with Crippen molar-refractivity contribution < 1.29 is 24.5 Å². The smallest absolute Gasteiger partial charge is 0.305 e. The Morgan fingerprint density at radius 3 is 1.04 bits per heavy atom. The van der Waals surface area contributed by atoms with Crippen molar-refractivity contribution in [1.29, 1.82) is 0 Å². The van der Waals surface area contributed by atoms with Gasteiger partial charge in [0.1, 0.15) is 0 Å². The Hall–Kier alpha value is -1.92. The minimum atomic E-state index is -0.668. The number of carbonyl (C=O) groups is 2. The summed E-state index contributed by atoms with van der Waals surface area (Å²) in [5.41, 5.74) is 0. The maximum atomic E-state index is 12.5. The van der Waals surface area contributed by atoms with Gasteiger partial charge in [-0.05, 0) is 83.5 Å². The Labute approximate surface area is 474 Å². The normalized spacial score (nSPS) is 12.7. The number of esters is 1. The highest BCUT2D eigenvalue weighted by atomic mass is 16.5. The van der Waals surface area contributed by atoms with Crippen LogP contribution in [0.3, 0.4) is 0 Å². The van der Waals surface area contributed by atoms with E-state index in [4.69, 9.17) is 4.74 Å². The van der Waals surface area contributed by atoms with E-state index in [0.717, 1.165) is 51.4 Å². The molecule has 0 rings (SSSR count). The summed E-state index contributed by atoms with van der Waals surface area (Å²) < 4.78 is 5.49. The van der Waals surface area contributed by atoms with Crippen LogP contribution in [-0.4, -0.2) is 47.4 Å². The molecule has 0 fully saturated rings. The van der Waals surface area contributed by atoms with E-state index in [1.807, 2.05) is 0 Å². The van der Waals surface area contributed by atoms with Gasteiger partial charge in [0, 0.05) is 12.8 Å². The van der Waals surface area contributed by atoms with Crippen LogP contribution >= 0.6 is 0 Å².